The van der Waals surface area contributed by atoms with Crippen molar-refractivity contribution in [3.05, 3.63) is 107 Å². The number of nitrogens with two attached hydrogens (primary N) is 1. The molecule has 2 aromatic heterocycles. The number of ether oxygens (including phenoxy) is 2. The van der Waals surface area contributed by atoms with Crippen LogP contribution in [0.5, 0.6) is 17.2 Å². The highest BCUT2D eigenvalue weighted by molar-refractivity contribution is 6.12. The number of phenolic OH excluding ortho intramolecular Hbond substituents is 1. The first-order valence-electron chi connectivity index (χ1n) is 15.6. The van der Waals surface area contributed by atoms with E-state index in [1.807, 2.05) is 40.7 Å². The molecular weight excluding hydrogens is 632 g/mol. The van der Waals surface area contributed by atoms with E-state index < -0.39 is 0 Å². The number of hydrogen-bond donors (Lipinski definition) is 2. The van der Waals surface area contributed by atoms with E-state index >= 15 is 0 Å². The van der Waals surface area contributed by atoms with E-state index in [-0.39, 0.29) is 42.8 Å². The Balaban J connectivity index is 0.00000401. The van der Waals surface area contributed by atoms with Crippen LogP contribution in [0.1, 0.15) is 44.5 Å². The minimum atomic E-state index is -0.298. The second kappa shape index (κ2) is 13.1. The van der Waals surface area contributed by atoms with Crippen molar-refractivity contribution in [1.29, 1.82) is 0 Å². The number of amides is 2. The standard InChI is InChI=1S/C36H36N6O5.ClH/c1-22-14-24-6-4-5-7-25(24)19-41(22)35(44)31-17-34-33(46-21-47-34)16-30(31)32-15-29(23(2)40(32)13-12-37)36(45)42(27-18-38-39(3)20-27)26-8-10-28(43)11-9-26;/h4-11,15-18,20,22,43H,12-14,19,21,37H2,1-3H3;1H/t22-;/m1./s1. The molecule has 0 fully saturated rings. The number of anilines is 2. The van der Waals surface area contributed by atoms with Crippen molar-refractivity contribution in [2.45, 2.75) is 39.4 Å². The summed E-state index contributed by atoms with van der Waals surface area (Å²) in [6.07, 6.45) is 4.12. The van der Waals surface area contributed by atoms with Crippen LogP contribution >= 0.6 is 12.4 Å². The molecule has 248 valence electrons. The summed E-state index contributed by atoms with van der Waals surface area (Å²) >= 11 is 0. The number of rotatable bonds is 7. The maximum atomic E-state index is 14.5. The Morgan fingerprint density at radius 3 is 2.40 bits per heavy atom. The molecule has 0 spiro atoms. The number of benzene rings is 3. The summed E-state index contributed by atoms with van der Waals surface area (Å²) in [7, 11) is 1.78. The molecule has 11 nitrogen and oxygen atoms in total. The quantitative estimate of drug-likeness (QED) is 0.232. The molecule has 0 saturated carbocycles. The molecule has 7 rings (SSSR count). The average Bonchev–Trinajstić information content (AvgIpc) is 3.79. The van der Waals surface area contributed by atoms with Gasteiger partial charge in [0.15, 0.2) is 11.5 Å². The summed E-state index contributed by atoms with van der Waals surface area (Å²) in [6, 6.07) is 20.0. The number of aromatic hydroxyl groups is 1. The Kier molecular flexibility index (Phi) is 8.91. The number of aromatic nitrogens is 3. The summed E-state index contributed by atoms with van der Waals surface area (Å²) in [6.45, 7) is 5.21. The molecule has 5 aromatic rings. The molecule has 3 aromatic carbocycles. The molecule has 1 atom stereocenters. The van der Waals surface area contributed by atoms with Crippen molar-refractivity contribution in [3.8, 4) is 28.5 Å². The number of carbonyl (C=O) groups is 2. The monoisotopic (exact) mass is 668 g/mol. The van der Waals surface area contributed by atoms with Crippen molar-refractivity contribution >= 4 is 35.6 Å². The first-order valence-corrected chi connectivity index (χ1v) is 15.6. The molecule has 3 N–H and O–H groups in total. The molecule has 0 saturated heterocycles. The maximum absolute atomic E-state index is 14.5. The highest BCUT2D eigenvalue weighted by Crippen LogP contribution is 2.42. The van der Waals surface area contributed by atoms with Crippen LogP contribution in [0.25, 0.3) is 11.3 Å². The van der Waals surface area contributed by atoms with Gasteiger partial charge in [-0.05, 0) is 73.9 Å². The van der Waals surface area contributed by atoms with Crippen molar-refractivity contribution in [1.82, 2.24) is 19.2 Å². The number of halogens is 1. The fourth-order valence-corrected chi connectivity index (χ4v) is 6.57. The van der Waals surface area contributed by atoms with Crippen molar-refractivity contribution in [3.63, 3.8) is 0 Å². The number of aryl methyl sites for hydroxylation is 1. The molecule has 0 radical (unpaired) electrons. The molecule has 2 amide bonds. The second-order valence-corrected chi connectivity index (χ2v) is 12.0. The number of phenols is 1. The van der Waals surface area contributed by atoms with Gasteiger partial charge >= 0.3 is 0 Å². The molecule has 0 aliphatic carbocycles. The molecule has 0 bridgehead atoms. The molecule has 4 heterocycles. The Labute approximate surface area is 284 Å². The third kappa shape index (κ3) is 5.75. The van der Waals surface area contributed by atoms with Gasteiger partial charge in [-0.15, -0.1) is 12.4 Å². The smallest absolute Gasteiger partial charge is 0.264 e. The predicted octanol–water partition coefficient (Wildman–Crippen LogP) is 5.58. The zero-order valence-corrected chi connectivity index (χ0v) is 27.7. The Morgan fingerprint density at radius 2 is 1.71 bits per heavy atom. The van der Waals surface area contributed by atoms with Crippen molar-refractivity contribution in [2.24, 2.45) is 12.8 Å². The SMILES string of the molecule is Cc1c(C(=O)N(c2ccc(O)cc2)c2cnn(C)c2)cc(-c2cc3c(cc2C(=O)N2Cc4ccccc4C[C@H]2C)OCO3)n1CCN.Cl. The van der Waals surface area contributed by atoms with Gasteiger partial charge in [-0.25, -0.2) is 0 Å². The Hall–Kier alpha value is -5.26. The summed E-state index contributed by atoms with van der Waals surface area (Å²) < 4.78 is 15.1. The Morgan fingerprint density at radius 1 is 1.00 bits per heavy atom. The molecule has 2 aliphatic heterocycles. The van der Waals surface area contributed by atoms with Crippen LogP contribution in [-0.4, -0.2) is 55.5 Å². The molecule has 12 heteroatoms. The van der Waals surface area contributed by atoms with Gasteiger partial charge in [0.25, 0.3) is 11.8 Å². The summed E-state index contributed by atoms with van der Waals surface area (Å²) in [5, 5.41) is 14.2. The number of nitrogens with zero attached hydrogens (tertiary/aromatic N) is 5. The van der Waals surface area contributed by atoms with Crippen LogP contribution < -0.4 is 20.1 Å². The van der Waals surface area contributed by atoms with E-state index in [0.717, 1.165) is 12.0 Å². The first-order chi connectivity index (χ1) is 22.7. The molecule has 2 aliphatic rings. The average molecular weight is 669 g/mol. The van der Waals surface area contributed by atoms with Crippen molar-refractivity contribution in [2.75, 3.05) is 18.2 Å². The molecule has 0 unspecified atom stereocenters. The number of hydrogen-bond acceptors (Lipinski definition) is 7. The maximum Gasteiger partial charge on any atom is 0.264 e. The lowest BCUT2D eigenvalue weighted by atomic mass is 9.93. The van der Waals surface area contributed by atoms with Gasteiger partial charge in [0.1, 0.15) is 5.75 Å². The number of carbonyl (C=O) groups excluding carboxylic acids is 2. The lowest BCUT2D eigenvalue weighted by molar-refractivity contribution is 0.0658. The van der Waals surface area contributed by atoms with Crippen LogP contribution in [0.3, 0.4) is 0 Å². The van der Waals surface area contributed by atoms with Crippen molar-refractivity contribution < 1.29 is 24.2 Å². The lowest BCUT2D eigenvalue weighted by Gasteiger charge is -2.35. The van der Waals surface area contributed by atoms with Crippen LogP contribution in [0, 0.1) is 6.92 Å². The number of fused-ring (bicyclic) bond motifs is 2. The van der Waals surface area contributed by atoms with E-state index in [0.29, 0.717) is 70.6 Å². The van der Waals surface area contributed by atoms with Crippen LogP contribution in [0.4, 0.5) is 11.4 Å². The van der Waals surface area contributed by atoms with Gasteiger partial charge in [-0.1, -0.05) is 24.3 Å². The summed E-state index contributed by atoms with van der Waals surface area (Å²) in [5.41, 5.74) is 12.5. The highest BCUT2D eigenvalue weighted by atomic mass is 35.5. The topological polar surface area (TPSA) is 128 Å². The summed E-state index contributed by atoms with van der Waals surface area (Å²) in [4.78, 5) is 32.5. The fourth-order valence-electron chi connectivity index (χ4n) is 6.57. The van der Waals surface area contributed by atoms with Gasteiger partial charge in [-0.3, -0.25) is 19.2 Å². The zero-order chi connectivity index (χ0) is 32.8. The van der Waals surface area contributed by atoms with E-state index in [1.54, 1.807) is 47.2 Å². The second-order valence-electron chi connectivity index (χ2n) is 12.0. The first kappa shape index (κ1) is 32.7. The van der Waals surface area contributed by atoms with Gasteiger partial charge < -0.3 is 29.8 Å². The van der Waals surface area contributed by atoms with Crippen LogP contribution in [0.2, 0.25) is 0 Å². The van der Waals surface area contributed by atoms with Crippen LogP contribution in [0.15, 0.2) is 79.1 Å². The van der Waals surface area contributed by atoms with E-state index in [2.05, 4.69) is 24.2 Å². The van der Waals surface area contributed by atoms with Gasteiger partial charge in [0.05, 0.1) is 28.7 Å². The van der Waals surface area contributed by atoms with Gasteiger partial charge in [0, 0.05) is 55.9 Å². The Bertz CT molecular complexity index is 2000. The minimum absolute atomic E-state index is 0. The van der Waals surface area contributed by atoms with Gasteiger partial charge in [0.2, 0.25) is 6.79 Å². The molecular formula is C36H37ClN6O5. The van der Waals surface area contributed by atoms with E-state index in [9.17, 15) is 14.7 Å². The zero-order valence-electron chi connectivity index (χ0n) is 26.9. The fraction of sp³-hybridized carbons (Fsp3) is 0.250. The van der Waals surface area contributed by atoms with Crippen LogP contribution in [-0.2, 0) is 26.6 Å². The minimum Gasteiger partial charge on any atom is -0.508 e. The lowest BCUT2D eigenvalue weighted by Crippen LogP contribution is -2.42. The normalized spacial score (nSPS) is 14.8. The predicted molar refractivity (Wildman–Crippen MR) is 184 cm³/mol. The van der Waals surface area contributed by atoms with Gasteiger partial charge in [-0.2, -0.15) is 5.10 Å². The van der Waals surface area contributed by atoms with E-state index in [1.165, 1.54) is 17.7 Å². The third-order valence-electron chi connectivity index (χ3n) is 9.00. The summed E-state index contributed by atoms with van der Waals surface area (Å²) in [5.74, 6) is 0.690. The third-order valence-corrected chi connectivity index (χ3v) is 9.00. The van der Waals surface area contributed by atoms with E-state index in [4.69, 9.17) is 15.2 Å². The highest BCUT2D eigenvalue weighted by Gasteiger charge is 2.33. The largest absolute Gasteiger partial charge is 0.508 e. The molecule has 48 heavy (non-hydrogen) atoms.